The second-order valence-electron chi connectivity index (χ2n) is 9.06. The van der Waals surface area contributed by atoms with E-state index < -0.39 is 0 Å². The van der Waals surface area contributed by atoms with E-state index in [1.807, 2.05) is 55.4 Å². The van der Waals surface area contributed by atoms with Crippen molar-refractivity contribution in [2.45, 2.75) is 0 Å². The number of halogens is 1. The van der Waals surface area contributed by atoms with E-state index in [0.717, 1.165) is 56.7 Å². The van der Waals surface area contributed by atoms with Crippen molar-refractivity contribution < 1.29 is 9.13 Å². The molecule has 0 fully saturated rings. The zero-order chi connectivity index (χ0) is 25.4. The summed E-state index contributed by atoms with van der Waals surface area (Å²) in [5.74, 6) is 0.121. The lowest BCUT2D eigenvalue weighted by Gasteiger charge is -2.12. The van der Waals surface area contributed by atoms with Gasteiger partial charge in [0.25, 0.3) is 0 Å². The van der Waals surface area contributed by atoms with Gasteiger partial charge in [-0.05, 0) is 56.1 Å². The molecule has 5 aromatic heterocycles. The van der Waals surface area contributed by atoms with Crippen LogP contribution in [0.5, 0.6) is 5.75 Å². The van der Waals surface area contributed by atoms with Crippen molar-refractivity contribution in [1.82, 2.24) is 35.0 Å². The fourth-order valence-corrected chi connectivity index (χ4v) is 4.33. The lowest BCUT2D eigenvalue weighted by atomic mass is 10.0. The van der Waals surface area contributed by atoms with Crippen molar-refractivity contribution in [2.24, 2.45) is 0 Å². The van der Waals surface area contributed by atoms with Gasteiger partial charge in [-0.15, -0.1) is 0 Å². The molecule has 0 saturated heterocycles. The van der Waals surface area contributed by atoms with Crippen LogP contribution in [0.1, 0.15) is 0 Å². The van der Waals surface area contributed by atoms with E-state index in [9.17, 15) is 4.39 Å². The van der Waals surface area contributed by atoms with E-state index in [1.165, 1.54) is 12.1 Å². The van der Waals surface area contributed by atoms with E-state index in [0.29, 0.717) is 17.9 Å². The molecule has 0 aliphatic heterocycles. The number of nitrogens with zero attached hydrogens (tertiary/aromatic N) is 5. The van der Waals surface area contributed by atoms with Crippen molar-refractivity contribution in [2.75, 3.05) is 27.2 Å². The van der Waals surface area contributed by atoms with Crippen LogP contribution in [0.15, 0.2) is 73.3 Å². The highest BCUT2D eigenvalue weighted by atomic mass is 19.1. The zero-order valence-electron chi connectivity index (χ0n) is 20.4. The summed E-state index contributed by atoms with van der Waals surface area (Å²) in [5, 5.41) is 9.44. The number of aromatic nitrogens is 6. The Labute approximate surface area is 212 Å². The molecule has 0 aliphatic rings. The van der Waals surface area contributed by atoms with E-state index >= 15 is 0 Å². The minimum absolute atomic E-state index is 0.363. The van der Waals surface area contributed by atoms with Crippen LogP contribution in [0.2, 0.25) is 0 Å². The molecule has 0 atom stereocenters. The van der Waals surface area contributed by atoms with Crippen LogP contribution in [-0.2, 0) is 0 Å². The Hall–Kier alpha value is -4.63. The summed E-state index contributed by atoms with van der Waals surface area (Å²) in [6.07, 6.45) is 7.00. The van der Waals surface area contributed by atoms with Crippen LogP contribution in [0.25, 0.3) is 55.7 Å². The monoisotopic (exact) mass is 493 g/mol. The van der Waals surface area contributed by atoms with Gasteiger partial charge in [0.05, 0.1) is 40.5 Å². The minimum atomic E-state index is -0.363. The first kappa shape index (κ1) is 22.8. The maximum atomic E-state index is 14.5. The molecule has 6 aromatic rings. The van der Waals surface area contributed by atoms with Crippen LogP contribution < -0.4 is 4.74 Å². The fraction of sp³-hybridized carbons (Fsp3) is 0.143. The topological polar surface area (TPSA) is 95.6 Å². The molecule has 2 N–H and O–H groups in total. The molecule has 0 aliphatic carbocycles. The number of likely N-dealkylation sites (N-methyl/N-ethyl adjacent to an activating group) is 1. The molecule has 0 amide bonds. The normalized spacial score (nSPS) is 11.6. The largest absolute Gasteiger partial charge is 0.492 e. The Kier molecular flexibility index (Phi) is 5.82. The van der Waals surface area contributed by atoms with Gasteiger partial charge in [-0.3, -0.25) is 20.1 Å². The SMILES string of the molecule is CN(C)CCOc1cc(F)cc(-c2cncc3[nH]c(-c4n[nH]c5cnc(-c6ccccn6)cc45)cc23)c1. The first-order valence-corrected chi connectivity index (χ1v) is 11.9. The van der Waals surface area contributed by atoms with Gasteiger partial charge in [0, 0.05) is 41.3 Å². The van der Waals surface area contributed by atoms with E-state index in [2.05, 4.69) is 30.1 Å². The number of ether oxygens (including phenoxy) is 1. The second kappa shape index (κ2) is 9.44. The molecule has 0 bridgehead atoms. The lowest BCUT2D eigenvalue weighted by Crippen LogP contribution is -2.19. The molecule has 5 heterocycles. The molecule has 0 radical (unpaired) electrons. The molecular weight excluding hydrogens is 469 g/mol. The Balaban J connectivity index is 1.41. The molecule has 6 rings (SSSR count). The molecule has 37 heavy (non-hydrogen) atoms. The molecule has 8 nitrogen and oxygen atoms in total. The summed E-state index contributed by atoms with van der Waals surface area (Å²) in [6, 6.07) is 14.5. The van der Waals surface area contributed by atoms with Crippen molar-refractivity contribution in [3.63, 3.8) is 0 Å². The van der Waals surface area contributed by atoms with E-state index in [1.54, 1.807) is 24.8 Å². The lowest BCUT2D eigenvalue weighted by molar-refractivity contribution is 0.260. The van der Waals surface area contributed by atoms with Crippen LogP contribution in [0.4, 0.5) is 4.39 Å². The molecule has 0 spiro atoms. The highest BCUT2D eigenvalue weighted by Crippen LogP contribution is 2.35. The van der Waals surface area contributed by atoms with Crippen molar-refractivity contribution in [3.8, 4) is 39.7 Å². The summed E-state index contributed by atoms with van der Waals surface area (Å²) in [4.78, 5) is 18.8. The Morgan fingerprint density at radius 3 is 2.68 bits per heavy atom. The molecule has 0 unspecified atom stereocenters. The van der Waals surface area contributed by atoms with Gasteiger partial charge >= 0.3 is 0 Å². The van der Waals surface area contributed by atoms with Crippen molar-refractivity contribution in [1.29, 1.82) is 0 Å². The van der Waals surface area contributed by atoms with Gasteiger partial charge in [0.2, 0.25) is 0 Å². The summed E-state index contributed by atoms with van der Waals surface area (Å²) in [5.41, 5.74) is 6.24. The highest BCUT2D eigenvalue weighted by molar-refractivity contribution is 6.01. The van der Waals surface area contributed by atoms with Gasteiger partial charge in [0.15, 0.2) is 0 Å². The van der Waals surface area contributed by atoms with E-state index in [4.69, 9.17) is 4.74 Å². The minimum Gasteiger partial charge on any atom is -0.492 e. The number of H-pyrrole nitrogens is 2. The summed E-state index contributed by atoms with van der Waals surface area (Å²) < 4.78 is 20.3. The number of pyridine rings is 3. The molecule has 184 valence electrons. The maximum Gasteiger partial charge on any atom is 0.127 e. The number of fused-ring (bicyclic) bond motifs is 2. The van der Waals surface area contributed by atoms with Crippen LogP contribution >= 0.6 is 0 Å². The maximum absolute atomic E-state index is 14.5. The van der Waals surface area contributed by atoms with Crippen LogP contribution in [-0.4, -0.2) is 62.3 Å². The summed E-state index contributed by atoms with van der Waals surface area (Å²) >= 11 is 0. The van der Waals surface area contributed by atoms with Gasteiger partial charge in [-0.2, -0.15) is 5.10 Å². The van der Waals surface area contributed by atoms with Gasteiger partial charge in [-0.1, -0.05) is 6.07 Å². The van der Waals surface area contributed by atoms with Crippen LogP contribution in [0, 0.1) is 5.82 Å². The summed E-state index contributed by atoms with van der Waals surface area (Å²) in [6.45, 7) is 1.20. The number of hydrogen-bond donors (Lipinski definition) is 2. The first-order valence-electron chi connectivity index (χ1n) is 11.9. The summed E-state index contributed by atoms with van der Waals surface area (Å²) in [7, 11) is 3.93. The average Bonchev–Trinajstić information content (AvgIpc) is 3.52. The number of aromatic amines is 2. The predicted octanol–water partition coefficient (Wildman–Crippen LogP) is 5.31. The van der Waals surface area contributed by atoms with Gasteiger partial charge < -0.3 is 14.6 Å². The van der Waals surface area contributed by atoms with E-state index in [-0.39, 0.29) is 5.82 Å². The molecule has 9 heteroatoms. The fourth-order valence-electron chi connectivity index (χ4n) is 4.33. The van der Waals surface area contributed by atoms with Gasteiger partial charge in [-0.25, -0.2) is 4.39 Å². The number of rotatable bonds is 7. The third kappa shape index (κ3) is 4.52. The van der Waals surface area contributed by atoms with Crippen LogP contribution in [0.3, 0.4) is 0 Å². The zero-order valence-corrected chi connectivity index (χ0v) is 20.4. The predicted molar refractivity (Wildman–Crippen MR) is 142 cm³/mol. The third-order valence-corrected chi connectivity index (χ3v) is 6.16. The molecule has 1 aromatic carbocycles. The van der Waals surface area contributed by atoms with Gasteiger partial charge in [0.1, 0.15) is 23.9 Å². The number of hydrogen-bond acceptors (Lipinski definition) is 6. The van der Waals surface area contributed by atoms with Crippen molar-refractivity contribution >= 4 is 21.8 Å². The first-order chi connectivity index (χ1) is 18.0. The highest BCUT2D eigenvalue weighted by Gasteiger charge is 2.16. The quantitative estimate of drug-likeness (QED) is 0.313. The second-order valence-corrected chi connectivity index (χ2v) is 9.06. The Morgan fingerprint density at radius 1 is 0.919 bits per heavy atom. The molecular formula is C28H24FN7O. The Morgan fingerprint density at radius 2 is 1.84 bits per heavy atom. The third-order valence-electron chi connectivity index (χ3n) is 6.16. The Bertz CT molecular complexity index is 1710. The smallest absolute Gasteiger partial charge is 0.127 e. The molecule has 0 saturated carbocycles. The average molecular weight is 494 g/mol. The number of nitrogens with one attached hydrogen (secondary N) is 2. The van der Waals surface area contributed by atoms with Crippen molar-refractivity contribution in [3.05, 3.63) is 79.1 Å². The standard InChI is InChI=1S/C28H24FN7O/c1-36(2)7-8-37-19-10-17(9-18(29)11-19)22-14-30-15-26-20(22)12-25(33-26)28-21-13-24(23-5-3-4-6-31-23)32-16-27(21)34-35-28/h3-6,9-16,33H,7-8H2,1-2H3,(H,34,35). The number of benzene rings is 1.